The van der Waals surface area contributed by atoms with E-state index in [2.05, 4.69) is 139 Å². The van der Waals surface area contributed by atoms with E-state index in [0.29, 0.717) is 11.8 Å². The van der Waals surface area contributed by atoms with E-state index in [0.717, 1.165) is 0 Å². The van der Waals surface area contributed by atoms with Gasteiger partial charge in [-0.15, -0.1) is 45.3 Å². The molecule has 10 rings (SSSR count). The number of benzene rings is 5. The molecule has 0 N–H and O–H groups in total. The van der Waals surface area contributed by atoms with E-state index in [-0.39, 0.29) is 0 Å². The van der Waals surface area contributed by atoms with E-state index in [1.807, 2.05) is 45.3 Å². The summed E-state index contributed by atoms with van der Waals surface area (Å²) in [6, 6.07) is 32.8. The van der Waals surface area contributed by atoms with Crippen LogP contribution in [0.15, 0.2) is 103 Å². The minimum atomic E-state index is 0.377. The normalized spacial score (nSPS) is 16.8. The fourth-order valence-electron chi connectivity index (χ4n) is 8.56. The van der Waals surface area contributed by atoms with Crippen LogP contribution in [0.5, 0.6) is 0 Å². The molecule has 0 saturated carbocycles. The van der Waals surface area contributed by atoms with Gasteiger partial charge < -0.3 is 0 Å². The molecule has 4 aromatic heterocycles. The second kappa shape index (κ2) is 11.2. The van der Waals surface area contributed by atoms with Gasteiger partial charge in [0.1, 0.15) is 0 Å². The largest absolute Gasteiger partial charge is 0.134 e. The summed E-state index contributed by atoms with van der Waals surface area (Å²) in [5.74, 6) is 0.781. The van der Waals surface area contributed by atoms with E-state index in [1.54, 1.807) is 0 Å². The zero-order valence-corrected chi connectivity index (χ0v) is 32.3. The Labute approximate surface area is 308 Å². The first-order chi connectivity index (χ1) is 24.2. The average molecular weight is 717 g/mol. The zero-order chi connectivity index (χ0) is 34.0. The Kier molecular flexibility index (Phi) is 6.90. The van der Waals surface area contributed by atoms with E-state index in [4.69, 9.17) is 0 Å². The van der Waals surface area contributed by atoms with Gasteiger partial charge in [-0.3, -0.25) is 0 Å². The monoisotopic (exact) mass is 716 g/mol. The molecular formula is C46H36S4. The number of hydrogen-bond acceptors (Lipinski definition) is 4. The third-order valence-electron chi connectivity index (χ3n) is 10.9. The van der Waals surface area contributed by atoms with Crippen LogP contribution < -0.4 is 0 Å². The van der Waals surface area contributed by atoms with Gasteiger partial charge in [-0.05, 0) is 115 Å². The van der Waals surface area contributed by atoms with Crippen molar-refractivity contribution in [3.05, 3.63) is 136 Å². The Morgan fingerprint density at radius 3 is 1.40 bits per heavy atom. The highest BCUT2D eigenvalue weighted by Crippen LogP contribution is 2.48. The van der Waals surface area contributed by atoms with E-state index in [9.17, 15) is 0 Å². The number of rotatable bonds is 3. The number of hydrogen-bond donors (Lipinski definition) is 0. The number of fused-ring (bicyclic) bond motifs is 10. The molecule has 0 amide bonds. The van der Waals surface area contributed by atoms with Gasteiger partial charge in [0, 0.05) is 46.3 Å². The molecule has 244 valence electrons. The Hall–Kier alpha value is -4.06. The predicted octanol–water partition coefficient (Wildman–Crippen LogP) is 15.5. The van der Waals surface area contributed by atoms with Crippen LogP contribution in [0.1, 0.15) is 53.1 Å². The molecule has 4 heterocycles. The second-order valence-corrected chi connectivity index (χ2v) is 18.7. The summed E-state index contributed by atoms with van der Waals surface area (Å²) >= 11 is 7.78. The van der Waals surface area contributed by atoms with Gasteiger partial charge >= 0.3 is 0 Å². The minimum absolute atomic E-state index is 0.377. The van der Waals surface area contributed by atoms with Gasteiger partial charge in [0.15, 0.2) is 0 Å². The minimum Gasteiger partial charge on any atom is -0.134 e. The maximum atomic E-state index is 2.52. The molecule has 4 heteroatoms. The smallest absolute Gasteiger partial charge is 0.0542 e. The highest BCUT2D eigenvalue weighted by atomic mass is 32.1. The van der Waals surface area contributed by atoms with E-state index in [1.165, 1.54) is 115 Å². The SMILES string of the molecule is CC1=CC(c2ccc3c(c2)sc2c4ccc(C)cc4sc32)=CC(C)C1c1c(C)cc(-c2ccc3c(c2)sc2c4ccc(C)cc4sc32)cc1C. The van der Waals surface area contributed by atoms with Crippen molar-refractivity contribution >= 4 is 110 Å². The van der Waals surface area contributed by atoms with Gasteiger partial charge in [0.05, 0.1) is 18.8 Å². The summed E-state index contributed by atoms with van der Waals surface area (Å²) in [5, 5.41) is 5.57. The van der Waals surface area contributed by atoms with Crippen molar-refractivity contribution in [3.63, 3.8) is 0 Å². The van der Waals surface area contributed by atoms with Crippen LogP contribution in [0.3, 0.4) is 0 Å². The van der Waals surface area contributed by atoms with Crippen LogP contribution in [0.2, 0.25) is 0 Å². The summed E-state index contributed by atoms with van der Waals surface area (Å²) in [5.41, 5.74) is 13.7. The lowest BCUT2D eigenvalue weighted by Gasteiger charge is -2.31. The Morgan fingerprint density at radius 1 is 0.460 bits per heavy atom. The topological polar surface area (TPSA) is 0 Å². The third kappa shape index (κ3) is 4.65. The molecule has 0 bridgehead atoms. The first-order valence-corrected chi connectivity index (χ1v) is 20.7. The van der Waals surface area contributed by atoms with Crippen molar-refractivity contribution in [1.29, 1.82) is 0 Å². The molecule has 0 fully saturated rings. The Bertz CT molecular complexity index is 2920. The summed E-state index contributed by atoms with van der Waals surface area (Å²) in [6.07, 6.45) is 4.97. The standard InChI is InChI=1S/C46H36S4/c1-23-7-11-33-37(15-23)47-45-35-13-9-29(21-39(35)49-43(33)45)31-17-25(3)41(26(4)18-31)42-27(5)19-32(20-28(42)6)30-10-14-36-40(22-30)50-44-34-12-8-24(2)16-38(34)48-46(36)44/h7-22,25,41H,1-6H3. The molecule has 0 aliphatic heterocycles. The number of thiophene rings is 4. The molecule has 0 spiro atoms. The maximum absolute atomic E-state index is 2.52. The number of aryl methyl sites for hydroxylation is 4. The fraction of sp³-hybridized carbons (Fsp3) is 0.174. The first kappa shape index (κ1) is 30.7. The van der Waals surface area contributed by atoms with Crippen LogP contribution in [0.4, 0.5) is 0 Å². The van der Waals surface area contributed by atoms with Crippen molar-refractivity contribution in [2.45, 2.75) is 47.5 Å². The van der Waals surface area contributed by atoms with E-state index < -0.39 is 0 Å². The highest BCUT2D eigenvalue weighted by molar-refractivity contribution is 7.37. The Balaban J connectivity index is 0.970. The first-order valence-electron chi connectivity index (χ1n) is 17.4. The third-order valence-corrected chi connectivity index (χ3v) is 15.9. The van der Waals surface area contributed by atoms with E-state index >= 15 is 0 Å². The molecule has 0 saturated heterocycles. The van der Waals surface area contributed by atoms with Crippen molar-refractivity contribution in [3.8, 4) is 11.1 Å². The summed E-state index contributed by atoms with van der Waals surface area (Å²) < 4.78 is 11.3. The van der Waals surface area contributed by atoms with Crippen molar-refractivity contribution in [2.75, 3.05) is 0 Å². The van der Waals surface area contributed by atoms with Crippen LogP contribution >= 0.6 is 45.3 Å². The van der Waals surface area contributed by atoms with Crippen molar-refractivity contribution in [2.24, 2.45) is 5.92 Å². The second-order valence-electron chi connectivity index (χ2n) is 14.5. The summed E-state index contributed by atoms with van der Waals surface area (Å²) in [6.45, 7) is 13.8. The quantitative estimate of drug-likeness (QED) is 0.171. The zero-order valence-electron chi connectivity index (χ0n) is 29.0. The van der Waals surface area contributed by atoms with Gasteiger partial charge in [0.2, 0.25) is 0 Å². The lowest BCUT2D eigenvalue weighted by molar-refractivity contribution is 0.602. The fourth-order valence-corrected chi connectivity index (χ4v) is 14.1. The predicted molar refractivity (Wildman–Crippen MR) is 227 cm³/mol. The van der Waals surface area contributed by atoms with Gasteiger partial charge in [0.25, 0.3) is 0 Å². The van der Waals surface area contributed by atoms with Crippen LogP contribution in [0, 0.1) is 33.6 Å². The van der Waals surface area contributed by atoms with Gasteiger partial charge in [-0.2, -0.15) is 0 Å². The Morgan fingerprint density at radius 2 is 0.900 bits per heavy atom. The molecule has 1 aliphatic carbocycles. The highest BCUT2D eigenvalue weighted by Gasteiger charge is 2.27. The van der Waals surface area contributed by atoms with Crippen LogP contribution in [-0.2, 0) is 0 Å². The van der Waals surface area contributed by atoms with Crippen molar-refractivity contribution in [1.82, 2.24) is 0 Å². The summed E-state index contributed by atoms with van der Waals surface area (Å²) in [7, 11) is 0. The van der Waals surface area contributed by atoms with Crippen LogP contribution in [-0.4, -0.2) is 0 Å². The lowest BCUT2D eigenvalue weighted by atomic mass is 9.73. The molecule has 50 heavy (non-hydrogen) atoms. The van der Waals surface area contributed by atoms with Crippen LogP contribution in [0.25, 0.3) is 75.8 Å². The molecule has 2 unspecified atom stereocenters. The molecule has 2 atom stereocenters. The number of allylic oxidation sites excluding steroid dienone is 4. The summed E-state index contributed by atoms with van der Waals surface area (Å²) in [4.78, 5) is 0. The van der Waals surface area contributed by atoms with Gasteiger partial charge in [-0.1, -0.05) is 85.3 Å². The molecule has 0 radical (unpaired) electrons. The average Bonchev–Trinajstić information content (AvgIpc) is 3.82. The molecular weight excluding hydrogens is 681 g/mol. The molecule has 9 aromatic rings. The lowest BCUT2D eigenvalue weighted by Crippen LogP contribution is -2.16. The van der Waals surface area contributed by atoms with Gasteiger partial charge in [-0.25, -0.2) is 0 Å². The molecule has 5 aromatic carbocycles. The molecule has 1 aliphatic rings. The maximum Gasteiger partial charge on any atom is 0.0542 e. The molecule has 0 nitrogen and oxygen atoms in total. The van der Waals surface area contributed by atoms with Crippen molar-refractivity contribution < 1.29 is 0 Å².